The Morgan fingerprint density at radius 2 is 2.12 bits per heavy atom. The number of nitrogens with one attached hydrogen (secondary N) is 3. The van der Waals surface area contributed by atoms with E-state index < -0.39 is 0 Å². The maximum absolute atomic E-state index is 4.17. The van der Waals surface area contributed by atoms with Gasteiger partial charge in [-0.1, -0.05) is 0 Å². The second-order valence-corrected chi connectivity index (χ2v) is 4.14. The summed E-state index contributed by atoms with van der Waals surface area (Å²) >= 11 is 0. The summed E-state index contributed by atoms with van der Waals surface area (Å²) in [4.78, 5) is 11.5. The Hall–Kier alpha value is -2.04. The fourth-order valence-corrected chi connectivity index (χ4v) is 1.49. The van der Waals surface area contributed by atoms with E-state index in [0.29, 0.717) is 6.04 Å². The highest BCUT2D eigenvalue weighted by atomic mass is 15.1. The van der Waals surface area contributed by atoms with Gasteiger partial charge >= 0.3 is 0 Å². The van der Waals surface area contributed by atoms with E-state index in [1.54, 1.807) is 6.33 Å². The van der Waals surface area contributed by atoms with Crippen molar-refractivity contribution in [2.24, 2.45) is 0 Å². The zero-order chi connectivity index (χ0) is 12.1. The quantitative estimate of drug-likeness (QED) is 0.738. The molecule has 2 rings (SSSR count). The third-order valence-electron chi connectivity index (χ3n) is 2.23. The molecule has 0 fully saturated rings. The summed E-state index contributed by atoms with van der Waals surface area (Å²) in [5.74, 6) is 1.65. The van der Waals surface area contributed by atoms with Gasteiger partial charge in [0.2, 0.25) is 0 Å². The van der Waals surface area contributed by atoms with Crippen molar-refractivity contribution in [3.05, 3.63) is 36.4 Å². The normalized spacial score (nSPS) is 10.5. The first kappa shape index (κ1) is 11.4. The Morgan fingerprint density at radius 1 is 1.29 bits per heavy atom. The number of hydrogen-bond donors (Lipinski definition) is 3. The van der Waals surface area contributed by atoms with Crippen LogP contribution in [0.2, 0.25) is 0 Å². The lowest BCUT2D eigenvalue weighted by atomic mass is 10.4. The average molecular weight is 231 g/mol. The molecule has 0 aliphatic heterocycles. The molecular formula is C12H17N5. The molecule has 0 bridgehead atoms. The molecule has 5 heteroatoms. The van der Waals surface area contributed by atoms with Crippen molar-refractivity contribution in [3.63, 3.8) is 0 Å². The van der Waals surface area contributed by atoms with E-state index in [1.165, 1.54) is 0 Å². The van der Waals surface area contributed by atoms with E-state index in [9.17, 15) is 0 Å². The minimum absolute atomic E-state index is 0.362. The van der Waals surface area contributed by atoms with Gasteiger partial charge in [-0.3, -0.25) is 0 Å². The van der Waals surface area contributed by atoms with E-state index in [2.05, 4.69) is 39.4 Å². The zero-order valence-electron chi connectivity index (χ0n) is 10.1. The van der Waals surface area contributed by atoms with E-state index >= 15 is 0 Å². The molecule has 0 aliphatic carbocycles. The Bertz CT molecular complexity index is 450. The first-order chi connectivity index (χ1) is 8.24. The molecule has 0 amide bonds. The van der Waals surface area contributed by atoms with Gasteiger partial charge in [0, 0.05) is 24.0 Å². The van der Waals surface area contributed by atoms with Crippen LogP contribution in [0.15, 0.2) is 30.7 Å². The van der Waals surface area contributed by atoms with Gasteiger partial charge in [-0.25, -0.2) is 9.97 Å². The van der Waals surface area contributed by atoms with Gasteiger partial charge in [0.25, 0.3) is 0 Å². The smallest absolute Gasteiger partial charge is 0.131 e. The topological polar surface area (TPSA) is 65.6 Å². The molecule has 2 aromatic rings. The van der Waals surface area contributed by atoms with Crippen molar-refractivity contribution in [1.29, 1.82) is 0 Å². The monoisotopic (exact) mass is 231 g/mol. The van der Waals surface area contributed by atoms with E-state index in [-0.39, 0.29) is 0 Å². The van der Waals surface area contributed by atoms with Crippen LogP contribution in [-0.4, -0.2) is 21.0 Å². The summed E-state index contributed by atoms with van der Waals surface area (Å²) in [6, 6.07) is 6.27. The minimum Gasteiger partial charge on any atom is -0.368 e. The highest BCUT2D eigenvalue weighted by Gasteiger charge is 2.00. The van der Waals surface area contributed by atoms with Gasteiger partial charge in [0.1, 0.15) is 18.0 Å². The second-order valence-electron chi connectivity index (χ2n) is 4.14. The molecule has 17 heavy (non-hydrogen) atoms. The van der Waals surface area contributed by atoms with Crippen molar-refractivity contribution in [3.8, 4) is 0 Å². The Morgan fingerprint density at radius 3 is 2.82 bits per heavy atom. The van der Waals surface area contributed by atoms with E-state index in [4.69, 9.17) is 0 Å². The van der Waals surface area contributed by atoms with Crippen molar-refractivity contribution in [1.82, 2.24) is 15.0 Å². The maximum atomic E-state index is 4.17. The number of anilines is 2. The predicted octanol–water partition coefficient (Wildman–Crippen LogP) is 2.24. The Balaban J connectivity index is 1.96. The number of rotatable bonds is 5. The predicted molar refractivity (Wildman–Crippen MR) is 68.9 cm³/mol. The lowest BCUT2D eigenvalue weighted by Crippen LogP contribution is -2.11. The molecule has 2 aromatic heterocycles. The lowest BCUT2D eigenvalue weighted by Gasteiger charge is -2.10. The molecule has 0 saturated heterocycles. The lowest BCUT2D eigenvalue weighted by molar-refractivity contribution is 0.885. The second kappa shape index (κ2) is 5.34. The number of nitrogens with zero attached hydrogens (tertiary/aromatic N) is 2. The fourth-order valence-electron chi connectivity index (χ4n) is 1.49. The van der Waals surface area contributed by atoms with Gasteiger partial charge in [-0.2, -0.15) is 0 Å². The van der Waals surface area contributed by atoms with Crippen LogP contribution >= 0.6 is 0 Å². The molecule has 0 saturated carbocycles. The first-order valence-corrected chi connectivity index (χ1v) is 5.69. The molecule has 2 heterocycles. The zero-order valence-corrected chi connectivity index (χ0v) is 10.1. The van der Waals surface area contributed by atoms with Crippen LogP contribution in [0, 0.1) is 0 Å². The number of hydrogen-bond acceptors (Lipinski definition) is 4. The number of aromatic amines is 1. The highest BCUT2D eigenvalue weighted by Crippen LogP contribution is 2.10. The SMILES string of the molecule is CC(C)Nc1cc(NCc2ccc[nH]2)ncn1. The van der Waals surface area contributed by atoms with Crippen LogP contribution in [0.3, 0.4) is 0 Å². The van der Waals surface area contributed by atoms with Crippen molar-refractivity contribution >= 4 is 11.6 Å². The third-order valence-corrected chi connectivity index (χ3v) is 2.23. The van der Waals surface area contributed by atoms with Crippen LogP contribution in [0.4, 0.5) is 11.6 Å². The van der Waals surface area contributed by atoms with Gasteiger partial charge in [-0.15, -0.1) is 0 Å². The maximum Gasteiger partial charge on any atom is 0.131 e. The van der Waals surface area contributed by atoms with Gasteiger partial charge in [0.15, 0.2) is 0 Å². The molecular weight excluding hydrogens is 214 g/mol. The largest absolute Gasteiger partial charge is 0.368 e. The number of H-pyrrole nitrogens is 1. The van der Waals surface area contributed by atoms with Crippen molar-refractivity contribution in [2.45, 2.75) is 26.4 Å². The first-order valence-electron chi connectivity index (χ1n) is 5.69. The average Bonchev–Trinajstić information content (AvgIpc) is 2.79. The fraction of sp³-hybridized carbons (Fsp3) is 0.333. The summed E-state index contributed by atoms with van der Waals surface area (Å²) in [6.07, 6.45) is 3.46. The highest BCUT2D eigenvalue weighted by molar-refractivity contribution is 5.46. The van der Waals surface area contributed by atoms with Crippen LogP contribution in [0.25, 0.3) is 0 Å². The summed E-state index contributed by atoms with van der Waals surface area (Å²) < 4.78 is 0. The molecule has 0 aliphatic rings. The molecule has 0 atom stereocenters. The summed E-state index contributed by atoms with van der Waals surface area (Å²) in [5, 5.41) is 6.48. The van der Waals surface area contributed by atoms with Gasteiger partial charge < -0.3 is 15.6 Å². The molecule has 0 radical (unpaired) electrons. The standard InChI is InChI=1S/C12H17N5/c1-9(2)17-12-6-11(15-8-16-12)14-7-10-4-3-5-13-10/h3-6,8-9,13H,7H2,1-2H3,(H2,14,15,16,17). The van der Waals surface area contributed by atoms with Crippen molar-refractivity contribution in [2.75, 3.05) is 10.6 Å². The molecule has 3 N–H and O–H groups in total. The number of aromatic nitrogens is 3. The van der Waals surface area contributed by atoms with E-state index in [0.717, 1.165) is 23.9 Å². The summed E-state index contributed by atoms with van der Waals surface area (Å²) in [7, 11) is 0. The van der Waals surface area contributed by atoms with Gasteiger partial charge in [-0.05, 0) is 26.0 Å². The molecule has 5 nitrogen and oxygen atoms in total. The van der Waals surface area contributed by atoms with Gasteiger partial charge in [0.05, 0.1) is 6.54 Å². The Kier molecular flexibility index (Phi) is 3.59. The summed E-state index contributed by atoms with van der Waals surface area (Å²) in [6.45, 7) is 4.88. The van der Waals surface area contributed by atoms with E-state index in [1.807, 2.05) is 24.4 Å². The van der Waals surface area contributed by atoms with Crippen molar-refractivity contribution < 1.29 is 0 Å². The summed E-state index contributed by atoms with van der Waals surface area (Å²) in [5.41, 5.74) is 1.13. The third kappa shape index (κ3) is 3.48. The molecule has 0 unspecified atom stereocenters. The van der Waals surface area contributed by atoms with Crippen LogP contribution in [-0.2, 0) is 6.54 Å². The minimum atomic E-state index is 0.362. The van der Waals surface area contributed by atoms with Crippen LogP contribution in [0.1, 0.15) is 19.5 Å². The van der Waals surface area contributed by atoms with Crippen LogP contribution in [0.5, 0.6) is 0 Å². The molecule has 0 aromatic carbocycles. The van der Waals surface area contributed by atoms with Crippen LogP contribution < -0.4 is 10.6 Å². The Labute approximate surface area is 101 Å². The molecule has 90 valence electrons. The molecule has 0 spiro atoms.